The molecular weight excluding hydrogens is 203 g/mol. The van der Waals surface area contributed by atoms with Gasteiger partial charge in [-0.15, -0.1) is 0 Å². The van der Waals surface area contributed by atoms with Crippen LogP contribution < -0.4 is 0 Å². The van der Waals surface area contributed by atoms with Gasteiger partial charge in [0, 0.05) is 0 Å². The van der Waals surface area contributed by atoms with E-state index in [-0.39, 0.29) is 0 Å². The summed E-state index contributed by atoms with van der Waals surface area (Å²) in [5, 5.41) is 0.532. The normalized spacial score (nSPS) is 38.2. The van der Waals surface area contributed by atoms with Gasteiger partial charge in [0.1, 0.15) is 7.28 Å². The zero-order valence-corrected chi connectivity index (χ0v) is 12.8. The minimum Gasteiger partial charge on any atom is -0.0671 e. The predicted octanol–water partition coefficient (Wildman–Crippen LogP) is 4.91. The smallest absolute Gasteiger partial charge is 0.0671 e. The molecule has 17 heavy (non-hydrogen) atoms. The molecule has 2 saturated carbocycles. The molecule has 2 rings (SSSR count). The van der Waals surface area contributed by atoms with Crippen LogP contribution in [0.1, 0.15) is 67.2 Å². The van der Waals surface area contributed by atoms with Crippen molar-refractivity contribution in [3.63, 3.8) is 0 Å². The van der Waals surface area contributed by atoms with Crippen molar-refractivity contribution in [1.82, 2.24) is 0 Å². The van der Waals surface area contributed by atoms with E-state index in [4.69, 9.17) is 0 Å². The molecule has 98 valence electrons. The second-order valence-electron chi connectivity index (χ2n) is 8.98. The SMILES string of the molecule is CC(C)(C)BC1CCC1C1CCC1C(C)(C)C. The quantitative estimate of drug-likeness (QED) is 0.595. The molecule has 0 radical (unpaired) electrons. The Kier molecular flexibility index (Phi) is 3.43. The summed E-state index contributed by atoms with van der Waals surface area (Å²) in [6, 6.07) is 0. The third-order valence-electron chi connectivity index (χ3n) is 5.34. The van der Waals surface area contributed by atoms with Crippen molar-refractivity contribution in [3.05, 3.63) is 0 Å². The van der Waals surface area contributed by atoms with E-state index in [9.17, 15) is 0 Å². The maximum Gasteiger partial charge on any atom is 0.130 e. The minimum absolute atomic E-state index is 0.532. The molecule has 0 aliphatic heterocycles. The van der Waals surface area contributed by atoms with Crippen molar-refractivity contribution >= 4 is 7.28 Å². The molecule has 0 nitrogen and oxygen atoms in total. The van der Waals surface area contributed by atoms with Crippen LogP contribution in [-0.4, -0.2) is 7.28 Å². The number of rotatable bonds is 2. The van der Waals surface area contributed by atoms with E-state index < -0.39 is 0 Å². The summed E-state index contributed by atoms with van der Waals surface area (Å²) in [6.07, 6.45) is 6.05. The second kappa shape index (κ2) is 4.32. The molecule has 2 aliphatic carbocycles. The van der Waals surface area contributed by atoms with Gasteiger partial charge in [-0.25, -0.2) is 0 Å². The van der Waals surface area contributed by atoms with Crippen LogP contribution in [-0.2, 0) is 0 Å². The summed E-state index contributed by atoms with van der Waals surface area (Å²) in [4.78, 5) is 0. The fourth-order valence-corrected chi connectivity index (χ4v) is 4.31. The van der Waals surface area contributed by atoms with Gasteiger partial charge in [-0.1, -0.05) is 65.5 Å². The van der Waals surface area contributed by atoms with Gasteiger partial charge < -0.3 is 0 Å². The van der Waals surface area contributed by atoms with Crippen molar-refractivity contribution in [1.29, 1.82) is 0 Å². The molecule has 0 aromatic carbocycles. The zero-order chi connectivity index (χ0) is 12.8. The lowest BCUT2D eigenvalue weighted by Gasteiger charge is -2.55. The maximum absolute atomic E-state index is 2.45. The van der Waals surface area contributed by atoms with E-state index in [2.05, 4.69) is 41.5 Å². The molecule has 0 amide bonds. The first-order valence-corrected chi connectivity index (χ1v) is 7.68. The minimum atomic E-state index is 0.532. The van der Waals surface area contributed by atoms with Gasteiger partial charge in [-0.05, 0) is 36.0 Å². The van der Waals surface area contributed by atoms with Crippen molar-refractivity contribution < 1.29 is 0 Å². The van der Waals surface area contributed by atoms with Gasteiger partial charge in [0.2, 0.25) is 0 Å². The number of hydrogen-bond acceptors (Lipinski definition) is 0. The van der Waals surface area contributed by atoms with Crippen LogP contribution in [0.4, 0.5) is 0 Å². The van der Waals surface area contributed by atoms with E-state index in [1.54, 1.807) is 0 Å². The molecular formula is C16H31B. The molecule has 2 aliphatic rings. The fraction of sp³-hybridized carbons (Fsp3) is 1.00. The Bertz CT molecular complexity index is 268. The summed E-state index contributed by atoms with van der Waals surface area (Å²) >= 11 is 0. The first kappa shape index (κ1) is 13.5. The molecule has 0 saturated heterocycles. The second-order valence-corrected chi connectivity index (χ2v) is 8.98. The topological polar surface area (TPSA) is 0 Å². The lowest BCUT2D eigenvalue weighted by Crippen LogP contribution is -2.46. The Morgan fingerprint density at radius 2 is 1.35 bits per heavy atom. The van der Waals surface area contributed by atoms with Gasteiger partial charge in [0.05, 0.1) is 0 Å². The predicted molar refractivity (Wildman–Crippen MR) is 79.0 cm³/mol. The third-order valence-corrected chi connectivity index (χ3v) is 5.34. The molecule has 0 aromatic rings. The lowest BCUT2D eigenvalue weighted by molar-refractivity contribution is -0.0125. The Balaban J connectivity index is 1.91. The lowest BCUT2D eigenvalue weighted by atomic mass is 9.37. The molecule has 0 heterocycles. The summed E-state index contributed by atoms with van der Waals surface area (Å²) in [5.74, 6) is 4.20. The van der Waals surface area contributed by atoms with E-state index in [1.807, 2.05) is 0 Å². The van der Waals surface area contributed by atoms with Crippen LogP contribution in [0, 0.1) is 23.2 Å². The average Bonchev–Trinajstić information content (AvgIpc) is 2.02. The van der Waals surface area contributed by atoms with Crippen molar-refractivity contribution in [3.8, 4) is 0 Å². The Hall–Kier alpha value is 0.0649. The molecule has 0 spiro atoms. The van der Waals surface area contributed by atoms with Crippen molar-refractivity contribution in [2.75, 3.05) is 0 Å². The first-order valence-electron chi connectivity index (χ1n) is 7.68. The van der Waals surface area contributed by atoms with Gasteiger partial charge >= 0.3 is 0 Å². The standard InChI is InChI=1S/C16H31B/c1-15(2,3)13-9-7-11(13)12-8-10-14(12)17-16(4,5)6/h11-14,17H,7-10H2,1-6H3. The molecule has 4 atom stereocenters. The van der Waals surface area contributed by atoms with Gasteiger partial charge in [-0.2, -0.15) is 0 Å². The Morgan fingerprint density at radius 1 is 0.765 bits per heavy atom. The first-order chi connectivity index (χ1) is 7.68. The molecule has 0 bridgehead atoms. The Morgan fingerprint density at radius 3 is 1.65 bits per heavy atom. The van der Waals surface area contributed by atoms with Crippen LogP contribution in [0.15, 0.2) is 0 Å². The van der Waals surface area contributed by atoms with E-state index in [1.165, 1.54) is 33.0 Å². The maximum atomic E-state index is 2.45. The van der Waals surface area contributed by atoms with Crippen LogP contribution in [0.3, 0.4) is 0 Å². The van der Waals surface area contributed by atoms with Gasteiger partial charge in [0.15, 0.2) is 0 Å². The van der Waals surface area contributed by atoms with Crippen LogP contribution >= 0.6 is 0 Å². The van der Waals surface area contributed by atoms with Crippen LogP contribution in [0.2, 0.25) is 11.1 Å². The molecule has 0 aromatic heterocycles. The molecule has 0 N–H and O–H groups in total. The highest BCUT2D eigenvalue weighted by Crippen LogP contribution is 2.58. The summed E-state index contributed by atoms with van der Waals surface area (Å²) in [6.45, 7) is 14.6. The van der Waals surface area contributed by atoms with E-state index in [0.29, 0.717) is 10.7 Å². The van der Waals surface area contributed by atoms with E-state index in [0.717, 1.165) is 23.6 Å². The fourth-order valence-electron chi connectivity index (χ4n) is 4.31. The van der Waals surface area contributed by atoms with Crippen molar-refractivity contribution in [2.24, 2.45) is 23.2 Å². The largest absolute Gasteiger partial charge is 0.130 e. The van der Waals surface area contributed by atoms with Crippen LogP contribution in [0.25, 0.3) is 0 Å². The highest BCUT2D eigenvalue weighted by atomic mass is 14.5. The van der Waals surface area contributed by atoms with Crippen LogP contribution in [0.5, 0.6) is 0 Å². The molecule has 4 unspecified atom stereocenters. The molecule has 2 fully saturated rings. The highest BCUT2D eigenvalue weighted by Gasteiger charge is 2.48. The summed E-state index contributed by atoms with van der Waals surface area (Å²) < 4.78 is 0. The van der Waals surface area contributed by atoms with E-state index >= 15 is 0 Å². The highest BCUT2D eigenvalue weighted by molar-refractivity contribution is 6.42. The Labute approximate surface area is 109 Å². The van der Waals surface area contributed by atoms with Gasteiger partial charge in [-0.3, -0.25) is 0 Å². The monoisotopic (exact) mass is 234 g/mol. The van der Waals surface area contributed by atoms with Crippen molar-refractivity contribution in [2.45, 2.75) is 78.4 Å². The average molecular weight is 234 g/mol. The third kappa shape index (κ3) is 2.91. The summed E-state index contributed by atoms with van der Waals surface area (Å²) in [5.41, 5.74) is 0.546. The zero-order valence-electron chi connectivity index (χ0n) is 12.8. The van der Waals surface area contributed by atoms with Gasteiger partial charge in [0.25, 0.3) is 0 Å². The molecule has 1 heteroatoms. The number of hydrogen-bond donors (Lipinski definition) is 0. The summed E-state index contributed by atoms with van der Waals surface area (Å²) in [7, 11) is 1.45.